The van der Waals surface area contributed by atoms with Crippen molar-refractivity contribution in [1.82, 2.24) is 0 Å². The van der Waals surface area contributed by atoms with Crippen molar-refractivity contribution in [3.63, 3.8) is 0 Å². The van der Waals surface area contributed by atoms with E-state index in [0.29, 0.717) is 5.41 Å². The third kappa shape index (κ3) is 2.13. The highest BCUT2D eigenvalue weighted by atomic mass is 14.6. The fourth-order valence-electron chi connectivity index (χ4n) is 3.97. The molecule has 0 saturated heterocycles. The lowest BCUT2D eigenvalue weighted by atomic mass is 9.62. The first-order valence-electron chi connectivity index (χ1n) is 6.44. The highest BCUT2D eigenvalue weighted by Crippen LogP contribution is 2.47. The van der Waals surface area contributed by atoms with Gasteiger partial charge in [-0.15, -0.1) is 0 Å². The van der Waals surface area contributed by atoms with Crippen molar-refractivity contribution >= 4 is 0 Å². The predicted octanol–water partition coefficient (Wildman–Crippen LogP) is 3.33. The molecule has 1 nitrogen and oxygen atoms in total. The van der Waals surface area contributed by atoms with Crippen molar-refractivity contribution < 1.29 is 0 Å². The molecule has 82 valence electrons. The quantitative estimate of drug-likeness (QED) is 0.682. The van der Waals surface area contributed by atoms with Crippen LogP contribution in [0.15, 0.2) is 0 Å². The number of rotatable bonds is 1. The minimum Gasteiger partial charge on any atom is -0.330 e. The zero-order valence-electron chi connectivity index (χ0n) is 9.60. The van der Waals surface area contributed by atoms with Crippen molar-refractivity contribution in [3.05, 3.63) is 0 Å². The summed E-state index contributed by atoms with van der Waals surface area (Å²) < 4.78 is 0. The number of hydrogen-bond donors (Lipinski definition) is 1. The zero-order chi connectivity index (χ0) is 10.0. The van der Waals surface area contributed by atoms with Gasteiger partial charge in [0.2, 0.25) is 0 Å². The van der Waals surface area contributed by atoms with Gasteiger partial charge in [0.1, 0.15) is 0 Å². The Morgan fingerprint density at radius 1 is 1.21 bits per heavy atom. The van der Waals surface area contributed by atoms with Gasteiger partial charge in [-0.2, -0.15) is 0 Å². The molecule has 0 aromatic rings. The fraction of sp³-hybridized carbons (Fsp3) is 1.00. The topological polar surface area (TPSA) is 26.0 Å². The minimum atomic E-state index is 0.544. The largest absolute Gasteiger partial charge is 0.330 e. The van der Waals surface area contributed by atoms with Crippen LogP contribution in [0.3, 0.4) is 0 Å². The molecule has 2 bridgehead atoms. The standard InChI is InChI=1S/C13H25N/c1-11-7-12-5-3-2-4-6-13(8-11,9-12)10-14/h11-12H,2-10,14H2,1H3. The Hall–Kier alpha value is -0.0400. The summed E-state index contributed by atoms with van der Waals surface area (Å²) in [5, 5.41) is 0. The van der Waals surface area contributed by atoms with E-state index in [4.69, 9.17) is 5.73 Å². The zero-order valence-corrected chi connectivity index (χ0v) is 9.60. The van der Waals surface area contributed by atoms with Gasteiger partial charge >= 0.3 is 0 Å². The molecule has 14 heavy (non-hydrogen) atoms. The number of hydrogen-bond acceptors (Lipinski definition) is 1. The fourth-order valence-corrected chi connectivity index (χ4v) is 3.97. The predicted molar refractivity (Wildman–Crippen MR) is 61.1 cm³/mol. The van der Waals surface area contributed by atoms with E-state index >= 15 is 0 Å². The summed E-state index contributed by atoms with van der Waals surface area (Å²) in [6.45, 7) is 3.37. The van der Waals surface area contributed by atoms with E-state index in [9.17, 15) is 0 Å². The summed E-state index contributed by atoms with van der Waals surface area (Å²) in [4.78, 5) is 0. The maximum absolute atomic E-state index is 6.03. The first-order chi connectivity index (χ1) is 6.74. The van der Waals surface area contributed by atoms with Crippen LogP contribution < -0.4 is 5.73 Å². The van der Waals surface area contributed by atoms with Crippen molar-refractivity contribution in [2.75, 3.05) is 6.54 Å². The minimum absolute atomic E-state index is 0.544. The van der Waals surface area contributed by atoms with Crippen LogP contribution in [0.1, 0.15) is 58.3 Å². The van der Waals surface area contributed by atoms with Gasteiger partial charge in [0, 0.05) is 0 Å². The van der Waals surface area contributed by atoms with Crippen molar-refractivity contribution in [3.8, 4) is 0 Å². The first-order valence-corrected chi connectivity index (χ1v) is 6.44. The lowest BCUT2D eigenvalue weighted by Crippen LogP contribution is -2.39. The molecule has 0 aromatic carbocycles. The van der Waals surface area contributed by atoms with E-state index in [0.717, 1.165) is 18.4 Å². The molecule has 2 aliphatic carbocycles. The highest BCUT2D eigenvalue weighted by molar-refractivity contribution is 4.90. The number of nitrogens with two attached hydrogens (primary N) is 1. The molecule has 0 aliphatic heterocycles. The van der Waals surface area contributed by atoms with Crippen LogP contribution in [0.25, 0.3) is 0 Å². The monoisotopic (exact) mass is 195 g/mol. The Morgan fingerprint density at radius 2 is 2.07 bits per heavy atom. The van der Waals surface area contributed by atoms with Crippen LogP contribution in [0.4, 0.5) is 0 Å². The molecular weight excluding hydrogens is 170 g/mol. The Bertz CT molecular complexity index is 190. The lowest BCUT2D eigenvalue weighted by Gasteiger charge is -2.45. The molecule has 3 atom stereocenters. The average molecular weight is 195 g/mol. The van der Waals surface area contributed by atoms with Crippen LogP contribution in [-0.4, -0.2) is 6.54 Å². The molecule has 3 unspecified atom stereocenters. The Labute approximate surface area is 88.4 Å². The van der Waals surface area contributed by atoms with Crippen LogP contribution >= 0.6 is 0 Å². The van der Waals surface area contributed by atoms with E-state index in [1.54, 1.807) is 0 Å². The molecule has 0 heterocycles. The van der Waals surface area contributed by atoms with Gasteiger partial charge in [-0.1, -0.05) is 32.6 Å². The summed E-state index contributed by atoms with van der Waals surface area (Å²) >= 11 is 0. The molecule has 2 fully saturated rings. The van der Waals surface area contributed by atoms with E-state index in [2.05, 4.69) is 6.92 Å². The first kappa shape index (κ1) is 10.5. The molecule has 2 saturated carbocycles. The third-order valence-corrected chi connectivity index (χ3v) is 4.49. The SMILES string of the molecule is CC1CC2CCCCCC(CN)(C1)C2. The van der Waals surface area contributed by atoms with Crippen molar-refractivity contribution in [2.45, 2.75) is 58.3 Å². The van der Waals surface area contributed by atoms with Gasteiger partial charge in [-0.3, -0.25) is 0 Å². The summed E-state index contributed by atoms with van der Waals surface area (Å²) in [5.74, 6) is 1.93. The van der Waals surface area contributed by atoms with E-state index in [1.807, 2.05) is 0 Å². The van der Waals surface area contributed by atoms with Crippen LogP contribution in [0.5, 0.6) is 0 Å². The van der Waals surface area contributed by atoms with Gasteiger partial charge in [-0.05, 0) is 49.5 Å². The molecule has 2 aliphatic rings. The maximum atomic E-state index is 6.03. The van der Waals surface area contributed by atoms with Crippen LogP contribution in [0.2, 0.25) is 0 Å². The van der Waals surface area contributed by atoms with Crippen molar-refractivity contribution in [2.24, 2.45) is 23.0 Å². The van der Waals surface area contributed by atoms with E-state index < -0.39 is 0 Å². The molecule has 0 spiro atoms. The van der Waals surface area contributed by atoms with Gasteiger partial charge in [0.15, 0.2) is 0 Å². The maximum Gasteiger partial charge on any atom is -0.00203 e. The van der Waals surface area contributed by atoms with E-state index in [1.165, 1.54) is 51.4 Å². The molecule has 0 amide bonds. The second-order valence-corrected chi connectivity index (χ2v) is 5.92. The van der Waals surface area contributed by atoms with Gasteiger partial charge in [-0.25, -0.2) is 0 Å². The van der Waals surface area contributed by atoms with Gasteiger partial charge in [0.05, 0.1) is 0 Å². The van der Waals surface area contributed by atoms with Gasteiger partial charge in [0.25, 0.3) is 0 Å². The summed E-state index contributed by atoms with van der Waals surface area (Å²) in [7, 11) is 0. The molecule has 2 rings (SSSR count). The molecule has 1 heteroatoms. The number of fused-ring (bicyclic) bond motifs is 2. The Morgan fingerprint density at radius 3 is 2.86 bits per heavy atom. The van der Waals surface area contributed by atoms with Crippen LogP contribution in [-0.2, 0) is 0 Å². The smallest absolute Gasteiger partial charge is 0.00203 e. The molecule has 0 radical (unpaired) electrons. The third-order valence-electron chi connectivity index (χ3n) is 4.49. The Balaban J connectivity index is 2.09. The van der Waals surface area contributed by atoms with Gasteiger partial charge < -0.3 is 5.73 Å². The lowest BCUT2D eigenvalue weighted by molar-refractivity contribution is 0.0763. The highest BCUT2D eigenvalue weighted by Gasteiger charge is 2.38. The van der Waals surface area contributed by atoms with Crippen molar-refractivity contribution in [1.29, 1.82) is 0 Å². The molecule has 2 N–H and O–H groups in total. The Kier molecular flexibility index (Phi) is 3.16. The normalized spacial score (nSPS) is 44.1. The van der Waals surface area contributed by atoms with Crippen LogP contribution in [0, 0.1) is 17.3 Å². The average Bonchev–Trinajstić information content (AvgIpc) is 2.14. The second-order valence-electron chi connectivity index (χ2n) is 5.92. The summed E-state index contributed by atoms with van der Waals surface area (Å²) in [5.41, 5.74) is 6.57. The summed E-state index contributed by atoms with van der Waals surface area (Å²) in [6, 6.07) is 0. The van der Waals surface area contributed by atoms with E-state index in [-0.39, 0.29) is 0 Å². The second kappa shape index (κ2) is 4.22. The molecular formula is C13H25N. The molecule has 0 aromatic heterocycles. The summed E-state index contributed by atoms with van der Waals surface area (Å²) in [6.07, 6.45) is 11.5.